The number of nitrogens with zero attached hydrogens (tertiary/aromatic N) is 4. The molecule has 0 radical (unpaired) electrons. The molecule has 202 valence electrons. The van der Waals surface area contributed by atoms with Crippen LogP contribution in [-0.2, 0) is 23.3 Å². The number of halogens is 3. The second kappa shape index (κ2) is 12.5. The monoisotopic (exact) mass is 545 g/mol. The normalized spacial score (nSPS) is 14.0. The Hall–Kier alpha value is -3.31. The molecule has 0 atom stereocenters. The Labute approximate surface area is 224 Å². The van der Waals surface area contributed by atoms with Crippen LogP contribution in [0.3, 0.4) is 0 Å². The minimum absolute atomic E-state index is 0.0971. The van der Waals surface area contributed by atoms with E-state index in [0.717, 1.165) is 23.1 Å². The van der Waals surface area contributed by atoms with Gasteiger partial charge in [0.25, 0.3) is 5.91 Å². The third kappa shape index (κ3) is 7.16. The van der Waals surface area contributed by atoms with Crippen LogP contribution in [0.1, 0.15) is 34.1 Å². The first-order valence-electron chi connectivity index (χ1n) is 12.3. The molecule has 11 heteroatoms. The minimum Gasteiger partial charge on any atom is -0.378 e. The lowest BCUT2D eigenvalue weighted by atomic mass is 10.1. The maximum absolute atomic E-state index is 13.1. The first kappa shape index (κ1) is 27.7. The third-order valence-electron chi connectivity index (χ3n) is 6.10. The molecule has 1 aliphatic heterocycles. The zero-order valence-corrected chi connectivity index (χ0v) is 22.1. The highest BCUT2D eigenvalue weighted by Gasteiger charge is 2.31. The molecular weight excluding hydrogens is 515 g/mol. The fourth-order valence-corrected chi connectivity index (χ4v) is 4.97. The number of ether oxygens (including phenoxy) is 1. The summed E-state index contributed by atoms with van der Waals surface area (Å²) in [6, 6.07) is 14.8. The molecule has 1 N–H and O–H groups in total. The molecule has 1 aliphatic rings. The highest BCUT2D eigenvalue weighted by molar-refractivity contribution is 7.98. The van der Waals surface area contributed by atoms with Crippen molar-refractivity contribution < 1.29 is 22.7 Å². The summed E-state index contributed by atoms with van der Waals surface area (Å²) in [5.41, 5.74) is 2.34. The van der Waals surface area contributed by atoms with Crippen LogP contribution in [-0.4, -0.2) is 55.7 Å². The van der Waals surface area contributed by atoms with Gasteiger partial charge in [0.05, 0.1) is 17.9 Å². The molecule has 3 aromatic rings. The zero-order valence-electron chi connectivity index (χ0n) is 21.3. The van der Waals surface area contributed by atoms with Crippen LogP contribution in [0.25, 0.3) is 0 Å². The number of nitrogens with one attached hydrogen (secondary N) is 1. The van der Waals surface area contributed by atoms with Gasteiger partial charge in [-0.25, -0.2) is 9.97 Å². The van der Waals surface area contributed by atoms with E-state index in [1.807, 2.05) is 30.0 Å². The summed E-state index contributed by atoms with van der Waals surface area (Å²) in [5, 5.41) is 3.40. The lowest BCUT2D eigenvalue weighted by Gasteiger charge is -2.37. The molecule has 2 heterocycles. The topological polar surface area (TPSA) is 70.6 Å². The summed E-state index contributed by atoms with van der Waals surface area (Å²) in [4.78, 5) is 25.4. The van der Waals surface area contributed by atoms with E-state index in [9.17, 15) is 18.0 Å². The largest absolute Gasteiger partial charge is 0.416 e. The van der Waals surface area contributed by atoms with Gasteiger partial charge in [0.1, 0.15) is 5.82 Å². The smallest absolute Gasteiger partial charge is 0.378 e. The van der Waals surface area contributed by atoms with Crippen LogP contribution in [0, 0.1) is 0 Å². The van der Waals surface area contributed by atoms with E-state index in [-0.39, 0.29) is 5.91 Å². The van der Waals surface area contributed by atoms with Crippen molar-refractivity contribution in [2.75, 3.05) is 49.6 Å². The standard InChI is InChI=1S/C27H30F3N5O2S/c1-3-31-25(36)20-9-7-19(8-10-20)18-38-26-32-22(17-37-2)16-24(33-26)35-13-11-34(12-14-35)23-6-4-5-21(15-23)27(28,29)30/h4-10,15-16H,3,11-14,17-18H2,1-2H3,(H,31,36). The SMILES string of the molecule is CCNC(=O)c1ccc(CSc2nc(COC)cc(N3CCN(c4cccc(C(F)(F)F)c4)CC3)n2)cc1. The van der Waals surface area contributed by atoms with E-state index in [1.165, 1.54) is 23.9 Å². The van der Waals surface area contributed by atoms with E-state index >= 15 is 0 Å². The van der Waals surface area contributed by atoms with Crippen molar-refractivity contribution >= 4 is 29.2 Å². The van der Waals surface area contributed by atoms with Gasteiger partial charge >= 0.3 is 6.18 Å². The predicted octanol–water partition coefficient (Wildman–Crippen LogP) is 5.01. The number of rotatable bonds is 9. The fourth-order valence-electron chi connectivity index (χ4n) is 4.14. The Balaban J connectivity index is 1.42. The molecule has 0 aliphatic carbocycles. The molecular formula is C27H30F3N5O2S. The molecule has 1 amide bonds. The molecule has 0 unspecified atom stereocenters. The number of methoxy groups -OCH3 is 1. The number of carbonyl (C=O) groups excluding carboxylic acids is 1. The Morgan fingerprint density at radius 2 is 1.74 bits per heavy atom. The number of amides is 1. The highest BCUT2D eigenvalue weighted by Crippen LogP contribution is 2.32. The Morgan fingerprint density at radius 1 is 1.03 bits per heavy atom. The van der Waals surface area contributed by atoms with Gasteiger partial charge in [-0.2, -0.15) is 13.2 Å². The average Bonchev–Trinajstić information content (AvgIpc) is 2.92. The van der Waals surface area contributed by atoms with Crippen molar-refractivity contribution in [2.24, 2.45) is 0 Å². The quantitative estimate of drug-likeness (QED) is 0.299. The minimum atomic E-state index is -4.36. The molecule has 4 rings (SSSR count). The van der Waals surface area contributed by atoms with Crippen molar-refractivity contribution in [3.05, 3.63) is 77.0 Å². The van der Waals surface area contributed by atoms with Gasteiger partial charge in [-0.3, -0.25) is 4.79 Å². The van der Waals surface area contributed by atoms with Crippen molar-refractivity contribution in [1.82, 2.24) is 15.3 Å². The number of anilines is 2. The molecule has 1 saturated heterocycles. The molecule has 0 bridgehead atoms. The van der Waals surface area contributed by atoms with Crippen LogP contribution < -0.4 is 15.1 Å². The summed E-state index contributed by atoms with van der Waals surface area (Å²) in [5.74, 6) is 1.31. The van der Waals surface area contributed by atoms with Crippen molar-refractivity contribution in [1.29, 1.82) is 0 Å². The number of piperazine rings is 1. The first-order valence-corrected chi connectivity index (χ1v) is 13.3. The highest BCUT2D eigenvalue weighted by atomic mass is 32.2. The Kier molecular flexibility index (Phi) is 9.11. The summed E-state index contributed by atoms with van der Waals surface area (Å²) in [6.07, 6.45) is -4.36. The summed E-state index contributed by atoms with van der Waals surface area (Å²) in [6.45, 7) is 5.18. The van der Waals surface area contributed by atoms with Crippen LogP contribution in [0.2, 0.25) is 0 Å². The first-order chi connectivity index (χ1) is 18.3. The van der Waals surface area contributed by atoms with Gasteiger partial charge in [0.2, 0.25) is 0 Å². The average molecular weight is 546 g/mol. The van der Waals surface area contributed by atoms with Crippen LogP contribution >= 0.6 is 11.8 Å². The van der Waals surface area contributed by atoms with Crippen molar-refractivity contribution in [3.8, 4) is 0 Å². The fraction of sp³-hybridized carbons (Fsp3) is 0.370. The third-order valence-corrected chi connectivity index (χ3v) is 7.02. The number of carbonyl (C=O) groups is 1. The van der Waals surface area contributed by atoms with Gasteiger partial charge in [-0.05, 0) is 42.8 Å². The van der Waals surface area contributed by atoms with Crippen LogP contribution in [0.4, 0.5) is 24.7 Å². The maximum Gasteiger partial charge on any atom is 0.416 e. The van der Waals surface area contributed by atoms with Gasteiger partial charge in [-0.15, -0.1) is 0 Å². The summed E-state index contributed by atoms with van der Waals surface area (Å²) >= 11 is 1.50. The number of thioether (sulfide) groups is 1. The van der Waals surface area contributed by atoms with E-state index in [4.69, 9.17) is 9.72 Å². The van der Waals surface area contributed by atoms with Crippen molar-refractivity contribution in [3.63, 3.8) is 0 Å². The number of alkyl halides is 3. The maximum atomic E-state index is 13.1. The number of hydrogen-bond acceptors (Lipinski definition) is 7. The second-order valence-corrected chi connectivity index (χ2v) is 9.74. The molecule has 0 saturated carbocycles. The number of benzene rings is 2. The van der Waals surface area contributed by atoms with Gasteiger partial charge < -0.3 is 19.9 Å². The number of hydrogen-bond donors (Lipinski definition) is 1. The lowest BCUT2D eigenvalue weighted by Crippen LogP contribution is -2.47. The van der Waals surface area contributed by atoms with Gasteiger partial charge in [0.15, 0.2) is 5.16 Å². The Bertz CT molecular complexity index is 1230. The molecule has 1 fully saturated rings. The molecule has 0 spiro atoms. The van der Waals surface area contributed by atoms with E-state index < -0.39 is 11.7 Å². The molecule has 2 aromatic carbocycles. The molecule has 7 nitrogen and oxygen atoms in total. The van der Waals surface area contributed by atoms with Crippen molar-refractivity contribution in [2.45, 2.75) is 30.6 Å². The predicted molar refractivity (Wildman–Crippen MR) is 143 cm³/mol. The zero-order chi connectivity index (χ0) is 27.1. The van der Waals surface area contributed by atoms with Crippen LogP contribution in [0.15, 0.2) is 59.8 Å². The summed E-state index contributed by atoms with van der Waals surface area (Å²) < 4.78 is 44.7. The van der Waals surface area contributed by atoms with E-state index in [0.29, 0.717) is 61.5 Å². The van der Waals surface area contributed by atoms with E-state index in [1.54, 1.807) is 25.3 Å². The Morgan fingerprint density at radius 3 is 2.39 bits per heavy atom. The second-order valence-electron chi connectivity index (χ2n) is 8.80. The summed E-state index contributed by atoms with van der Waals surface area (Å²) in [7, 11) is 1.61. The van der Waals surface area contributed by atoms with Gasteiger partial charge in [-0.1, -0.05) is 30.0 Å². The van der Waals surface area contributed by atoms with E-state index in [2.05, 4.69) is 15.2 Å². The van der Waals surface area contributed by atoms with Crippen LogP contribution in [0.5, 0.6) is 0 Å². The van der Waals surface area contributed by atoms with Gasteiger partial charge in [0, 0.05) is 62.9 Å². The lowest BCUT2D eigenvalue weighted by molar-refractivity contribution is -0.137. The molecule has 38 heavy (non-hydrogen) atoms. The number of aromatic nitrogens is 2. The molecule has 1 aromatic heterocycles.